The average Bonchev–Trinajstić information content (AvgIpc) is 2.87. The van der Waals surface area contributed by atoms with E-state index < -0.39 is 6.03 Å². The molecule has 1 aromatic rings. The highest BCUT2D eigenvalue weighted by molar-refractivity contribution is 8.14. The quantitative estimate of drug-likeness (QED) is 0.825. The van der Waals surface area contributed by atoms with Crippen molar-refractivity contribution in [3.63, 3.8) is 0 Å². The van der Waals surface area contributed by atoms with E-state index in [1.807, 2.05) is 24.3 Å². The summed E-state index contributed by atoms with van der Waals surface area (Å²) >= 11 is 0.973. The Labute approximate surface area is 138 Å². The van der Waals surface area contributed by atoms with Crippen LogP contribution in [0.1, 0.15) is 5.56 Å². The smallest absolute Gasteiger partial charge is 0.318 e. The van der Waals surface area contributed by atoms with Gasteiger partial charge in [0.05, 0.1) is 12.9 Å². The third-order valence-corrected chi connectivity index (χ3v) is 3.94. The number of rotatable bonds is 6. The van der Waals surface area contributed by atoms with Crippen LogP contribution in [0.25, 0.3) is 6.08 Å². The van der Waals surface area contributed by atoms with Crippen molar-refractivity contribution in [1.82, 2.24) is 15.5 Å². The van der Waals surface area contributed by atoms with Crippen LogP contribution < -0.4 is 15.4 Å². The van der Waals surface area contributed by atoms with Gasteiger partial charge in [0.1, 0.15) is 5.75 Å². The predicted molar refractivity (Wildman–Crippen MR) is 88.1 cm³/mol. The Hall–Kier alpha value is -2.48. The van der Waals surface area contributed by atoms with Crippen LogP contribution in [0.4, 0.5) is 9.59 Å². The Balaban J connectivity index is 1.74. The van der Waals surface area contributed by atoms with Gasteiger partial charge in [-0.3, -0.25) is 14.5 Å². The van der Waals surface area contributed by atoms with E-state index in [0.29, 0.717) is 5.75 Å². The minimum absolute atomic E-state index is 0.173. The zero-order valence-electron chi connectivity index (χ0n) is 12.6. The van der Waals surface area contributed by atoms with E-state index in [1.165, 1.54) is 6.20 Å². The number of para-hydroxylation sites is 1. The average molecular weight is 335 g/mol. The van der Waals surface area contributed by atoms with Crippen LogP contribution in [0, 0.1) is 0 Å². The first kappa shape index (κ1) is 16.9. The van der Waals surface area contributed by atoms with E-state index in [0.717, 1.165) is 22.2 Å². The molecule has 1 saturated heterocycles. The molecule has 122 valence electrons. The van der Waals surface area contributed by atoms with Crippen LogP contribution in [0.5, 0.6) is 5.75 Å². The van der Waals surface area contributed by atoms with Gasteiger partial charge in [-0.1, -0.05) is 30.0 Å². The first-order valence-corrected chi connectivity index (χ1v) is 7.91. The molecule has 1 aliphatic heterocycles. The molecule has 1 heterocycles. The van der Waals surface area contributed by atoms with Gasteiger partial charge in [-0.15, -0.1) is 0 Å². The SMILES string of the molecule is COc1ccccc1/C=C/NC(=O)NCCN1C(=O)CSC1=O. The van der Waals surface area contributed by atoms with Crippen LogP contribution in [-0.4, -0.2) is 48.0 Å². The van der Waals surface area contributed by atoms with Crippen LogP contribution in [0.15, 0.2) is 30.5 Å². The lowest BCUT2D eigenvalue weighted by molar-refractivity contribution is -0.124. The summed E-state index contributed by atoms with van der Waals surface area (Å²) in [6.07, 6.45) is 3.21. The molecular weight excluding hydrogens is 318 g/mol. The lowest BCUT2D eigenvalue weighted by Crippen LogP contribution is -2.40. The summed E-state index contributed by atoms with van der Waals surface area (Å²) < 4.78 is 5.19. The number of methoxy groups -OCH3 is 1. The highest BCUT2D eigenvalue weighted by atomic mass is 32.2. The molecule has 23 heavy (non-hydrogen) atoms. The number of nitrogens with zero attached hydrogens (tertiary/aromatic N) is 1. The third kappa shape index (κ3) is 4.75. The van der Waals surface area contributed by atoms with Crippen molar-refractivity contribution in [3.8, 4) is 5.75 Å². The monoisotopic (exact) mass is 335 g/mol. The predicted octanol–water partition coefficient (Wildman–Crippen LogP) is 1.66. The topological polar surface area (TPSA) is 87.7 Å². The lowest BCUT2D eigenvalue weighted by Gasteiger charge is -2.12. The molecule has 0 unspecified atom stereocenters. The summed E-state index contributed by atoms with van der Waals surface area (Å²) in [6, 6.07) is 6.99. The number of hydrogen-bond donors (Lipinski definition) is 2. The summed E-state index contributed by atoms with van der Waals surface area (Å²) in [5, 5.41) is 4.86. The maximum atomic E-state index is 11.6. The molecule has 4 amide bonds. The molecule has 0 aromatic heterocycles. The van der Waals surface area contributed by atoms with Crippen molar-refractivity contribution in [2.24, 2.45) is 0 Å². The second-order valence-corrected chi connectivity index (χ2v) is 5.50. The maximum absolute atomic E-state index is 11.6. The fourth-order valence-corrected chi connectivity index (χ4v) is 2.69. The molecule has 1 aromatic carbocycles. The van der Waals surface area contributed by atoms with Crippen molar-refractivity contribution in [1.29, 1.82) is 0 Å². The number of amides is 4. The Morgan fingerprint density at radius 3 is 2.87 bits per heavy atom. The van der Waals surface area contributed by atoms with Gasteiger partial charge in [-0.25, -0.2) is 4.79 Å². The van der Waals surface area contributed by atoms with E-state index in [1.54, 1.807) is 13.2 Å². The Morgan fingerprint density at radius 1 is 1.39 bits per heavy atom. The molecule has 0 aliphatic carbocycles. The fourth-order valence-electron chi connectivity index (χ4n) is 1.94. The van der Waals surface area contributed by atoms with Crippen LogP contribution >= 0.6 is 11.8 Å². The van der Waals surface area contributed by atoms with E-state index in [4.69, 9.17) is 4.74 Å². The molecule has 0 saturated carbocycles. The molecule has 1 aliphatic rings. The standard InChI is InChI=1S/C15H17N3O4S/c1-22-12-5-3-2-4-11(12)6-7-16-14(20)17-8-9-18-13(19)10-23-15(18)21/h2-7H,8-10H2,1H3,(H2,16,17,20)/b7-6+. The van der Waals surface area contributed by atoms with E-state index in [-0.39, 0.29) is 30.0 Å². The summed E-state index contributed by atoms with van der Waals surface area (Å²) in [6.45, 7) is 0.376. The van der Waals surface area contributed by atoms with Crippen molar-refractivity contribution in [2.45, 2.75) is 0 Å². The highest BCUT2D eigenvalue weighted by Crippen LogP contribution is 2.18. The number of carbonyl (C=O) groups excluding carboxylic acids is 3. The zero-order chi connectivity index (χ0) is 16.7. The van der Waals surface area contributed by atoms with Crippen molar-refractivity contribution < 1.29 is 19.1 Å². The number of imide groups is 1. The molecule has 1 fully saturated rings. The molecule has 0 radical (unpaired) electrons. The number of urea groups is 1. The number of ether oxygens (including phenoxy) is 1. The number of benzene rings is 1. The van der Waals surface area contributed by atoms with Gasteiger partial charge in [-0.2, -0.15) is 0 Å². The third-order valence-electron chi connectivity index (χ3n) is 3.08. The van der Waals surface area contributed by atoms with Crippen molar-refractivity contribution in [3.05, 3.63) is 36.0 Å². The van der Waals surface area contributed by atoms with E-state index in [9.17, 15) is 14.4 Å². The fraction of sp³-hybridized carbons (Fsp3) is 0.267. The van der Waals surface area contributed by atoms with Gasteiger partial charge in [0.15, 0.2) is 0 Å². The highest BCUT2D eigenvalue weighted by Gasteiger charge is 2.29. The van der Waals surface area contributed by atoms with E-state index in [2.05, 4.69) is 10.6 Å². The van der Waals surface area contributed by atoms with Crippen molar-refractivity contribution in [2.75, 3.05) is 26.0 Å². The van der Waals surface area contributed by atoms with Crippen molar-refractivity contribution >= 4 is 35.0 Å². The summed E-state index contributed by atoms with van der Waals surface area (Å²) in [4.78, 5) is 35.5. The second-order valence-electron chi connectivity index (χ2n) is 4.58. The molecule has 2 N–H and O–H groups in total. The van der Waals surface area contributed by atoms with Gasteiger partial charge in [-0.05, 0) is 12.1 Å². The van der Waals surface area contributed by atoms with Gasteiger partial charge >= 0.3 is 6.03 Å². The molecule has 7 nitrogen and oxygen atoms in total. The number of thioether (sulfide) groups is 1. The molecule has 0 bridgehead atoms. The molecule has 8 heteroatoms. The molecular formula is C15H17N3O4S. The number of nitrogens with one attached hydrogen (secondary N) is 2. The molecule has 0 spiro atoms. The number of hydrogen-bond acceptors (Lipinski definition) is 5. The van der Waals surface area contributed by atoms with Gasteiger partial charge in [0.25, 0.3) is 5.24 Å². The Morgan fingerprint density at radius 2 is 2.17 bits per heavy atom. The van der Waals surface area contributed by atoms with Crippen LogP contribution in [-0.2, 0) is 4.79 Å². The van der Waals surface area contributed by atoms with Gasteiger partial charge < -0.3 is 15.4 Å². The minimum atomic E-state index is -0.414. The second kappa shape index (κ2) is 8.23. The van der Waals surface area contributed by atoms with Crippen LogP contribution in [0.3, 0.4) is 0 Å². The normalized spacial score (nSPS) is 14.4. The zero-order valence-corrected chi connectivity index (χ0v) is 13.4. The summed E-state index contributed by atoms with van der Waals surface area (Å²) in [5.41, 5.74) is 0.834. The summed E-state index contributed by atoms with van der Waals surface area (Å²) in [5.74, 6) is 0.653. The first-order valence-electron chi connectivity index (χ1n) is 6.93. The van der Waals surface area contributed by atoms with Gasteiger partial charge in [0, 0.05) is 24.9 Å². The largest absolute Gasteiger partial charge is 0.496 e. The Kier molecular flexibility index (Phi) is 6.04. The summed E-state index contributed by atoms with van der Waals surface area (Å²) in [7, 11) is 1.58. The first-order chi connectivity index (χ1) is 11.1. The van der Waals surface area contributed by atoms with Crippen LogP contribution in [0.2, 0.25) is 0 Å². The van der Waals surface area contributed by atoms with Gasteiger partial charge in [0.2, 0.25) is 5.91 Å². The lowest BCUT2D eigenvalue weighted by atomic mass is 10.2. The maximum Gasteiger partial charge on any atom is 0.318 e. The minimum Gasteiger partial charge on any atom is -0.496 e. The molecule has 2 rings (SSSR count). The molecule has 0 atom stereocenters. The van der Waals surface area contributed by atoms with E-state index >= 15 is 0 Å². The number of carbonyl (C=O) groups is 3. The Bertz CT molecular complexity index is 617.